The normalized spacial score (nSPS) is 10.9. The largest absolute Gasteiger partial charge is 0.493 e. The van der Waals surface area contributed by atoms with E-state index in [0.29, 0.717) is 29.2 Å². The monoisotopic (exact) mass is 414 g/mol. The van der Waals surface area contributed by atoms with Crippen molar-refractivity contribution >= 4 is 11.8 Å². The van der Waals surface area contributed by atoms with Crippen molar-refractivity contribution in [3.05, 3.63) is 53.1 Å². The second kappa shape index (κ2) is 10.0. The molecule has 0 bridgehead atoms. The van der Waals surface area contributed by atoms with Gasteiger partial charge in [0.15, 0.2) is 11.5 Å². The summed E-state index contributed by atoms with van der Waals surface area (Å²) in [5.41, 5.74) is 7.37. The number of hydrogen-bond acceptors (Lipinski definition) is 5. The summed E-state index contributed by atoms with van der Waals surface area (Å²) in [7, 11) is 4.61. The van der Waals surface area contributed by atoms with Gasteiger partial charge in [-0.1, -0.05) is 32.9 Å². The topological polar surface area (TPSA) is 85.9 Å². The molecule has 0 heterocycles. The van der Waals surface area contributed by atoms with Crippen LogP contribution < -0.4 is 25.1 Å². The molecular weight excluding hydrogens is 384 g/mol. The van der Waals surface area contributed by atoms with Gasteiger partial charge in [-0.05, 0) is 47.2 Å². The van der Waals surface area contributed by atoms with E-state index < -0.39 is 0 Å². The van der Waals surface area contributed by atoms with Gasteiger partial charge in [0.1, 0.15) is 0 Å². The number of amides is 2. The van der Waals surface area contributed by atoms with Crippen LogP contribution >= 0.6 is 0 Å². The summed E-state index contributed by atoms with van der Waals surface area (Å²) in [6.45, 7) is 6.32. The number of benzene rings is 2. The Bertz CT molecular complexity index is 860. The molecule has 0 saturated heterocycles. The van der Waals surface area contributed by atoms with Gasteiger partial charge in [-0.25, -0.2) is 0 Å². The molecular formula is C23H30N2O5. The van der Waals surface area contributed by atoms with Crippen LogP contribution in [-0.4, -0.2) is 33.1 Å². The Balaban J connectivity index is 1.91. The lowest BCUT2D eigenvalue weighted by Gasteiger charge is -2.19. The van der Waals surface area contributed by atoms with E-state index in [9.17, 15) is 9.59 Å². The summed E-state index contributed by atoms with van der Waals surface area (Å²) in [5, 5.41) is 0. The van der Waals surface area contributed by atoms with Gasteiger partial charge in [0.25, 0.3) is 5.91 Å². The zero-order chi connectivity index (χ0) is 22.3. The highest BCUT2D eigenvalue weighted by molar-refractivity contribution is 5.95. The van der Waals surface area contributed by atoms with Gasteiger partial charge in [-0.3, -0.25) is 20.4 Å². The highest BCUT2D eigenvalue weighted by atomic mass is 16.5. The van der Waals surface area contributed by atoms with Crippen LogP contribution in [0.5, 0.6) is 17.2 Å². The lowest BCUT2D eigenvalue weighted by Crippen LogP contribution is -2.41. The predicted molar refractivity (Wildman–Crippen MR) is 115 cm³/mol. The maximum absolute atomic E-state index is 12.2. The number of hydrazine groups is 1. The van der Waals surface area contributed by atoms with Gasteiger partial charge in [-0.15, -0.1) is 0 Å². The molecule has 2 amide bonds. The Morgan fingerprint density at radius 2 is 1.43 bits per heavy atom. The van der Waals surface area contributed by atoms with E-state index in [1.165, 1.54) is 21.3 Å². The van der Waals surface area contributed by atoms with Gasteiger partial charge in [0.2, 0.25) is 11.7 Å². The number of aryl methyl sites for hydroxylation is 1. The molecule has 0 aliphatic carbocycles. The molecule has 2 aromatic rings. The molecule has 2 rings (SSSR count). The SMILES string of the molecule is COc1cc(CCC(=O)NNC(=O)c2ccc(C(C)(C)C)cc2)cc(OC)c1OC. The van der Waals surface area contributed by atoms with E-state index in [0.717, 1.165) is 11.1 Å². The van der Waals surface area contributed by atoms with Crippen molar-refractivity contribution in [3.8, 4) is 17.2 Å². The fraction of sp³-hybridized carbons (Fsp3) is 0.391. The van der Waals surface area contributed by atoms with Crippen molar-refractivity contribution in [1.29, 1.82) is 0 Å². The number of ether oxygens (including phenoxy) is 3. The molecule has 2 aromatic carbocycles. The van der Waals surface area contributed by atoms with Crippen molar-refractivity contribution in [2.24, 2.45) is 0 Å². The molecule has 7 heteroatoms. The van der Waals surface area contributed by atoms with Crippen molar-refractivity contribution < 1.29 is 23.8 Å². The van der Waals surface area contributed by atoms with Crippen molar-refractivity contribution in [3.63, 3.8) is 0 Å². The van der Waals surface area contributed by atoms with Crippen LogP contribution in [0.1, 0.15) is 48.7 Å². The van der Waals surface area contributed by atoms with E-state index in [4.69, 9.17) is 14.2 Å². The van der Waals surface area contributed by atoms with E-state index in [-0.39, 0.29) is 23.7 Å². The van der Waals surface area contributed by atoms with Crippen LogP contribution in [0.2, 0.25) is 0 Å². The van der Waals surface area contributed by atoms with Gasteiger partial charge < -0.3 is 14.2 Å². The number of methoxy groups -OCH3 is 3. The summed E-state index contributed by atoms with van der Waals surface area (Å²) in [6.07, 6.45) is 0.626. The van der Waals surface area contributed by atoms with Crippen molar-refractivity contribution in [1.82, 2.24) is 10.9 Å². The van der Waals surface area contributed by atoms with E-state index in [2.05, 4.69) is 31.6 Å². The minimum Gasteiger partial charge on any atom is -0.493 e. The third-order valence-corrected chi connectivity index (χ3v) is 4.69. The summed E-state index contributed by atoms with van der Waals surface area (Å²) < 4.78 is 15.9. The van der Waals surface area contributed by atoms with Crippen LogP contribution in [0, 0.1) is 0 Å². The molecule has 0 unspecified atom stereocenters. The predicted octanol–water partition coefficient (Wildman–Crippen LogP) is 3.40. The molecule has 0 spiro atoms. The minimum atomic E-state index is -0.364. The standard InChI is InChI=1S/C23H30N2O5/c1-23(2,3)17-10-8-16(9-11-17)22(27)25-24-20(26)12-7-15-13-18(28-4)21(30-6)19(14-15)29-5/h8-11,13-14H,7,12H2,1-6H3,(H,24,26)(H,25,27). The summed E-state index contributed by atoms with van der Waals surface area (Å²) in [6, 6.07) is 10.9. The molecule has 0 fully saturated rings. The zero-order valence-corrected chi connectivity index (χ0v) is 18.4. The third-order valence-electron chi connectivity index (χ3n) is 4.69. The third kappa shape index (κ3) is 5.89. The minimum absolute atomic E-state index is 0.00996. The van der Waals surface area contributed by atoms with E-state index in [1.54, 1.807) is 24.3 Å². The summed E-state index contributed by atoms with van der Waals surface area (Å²) in [4.78, 5) is 24.4. The van der Waals surface area contributed by atoms with Gasteiger partial charge in [0.05, 0.1) is 21.3 Å². The molecule has 0 aliphatic rings. The van der Waals surface area contributed by atoms with Crippen LogP contribution in [0.15, 0.2) is 36.4 Å². The van der Waals surface area contributed by atoms with Crippen LogP contribution in [0.3, 0.4) is 0 Å². The average Bonchev–Trinajstić information content (AvgIpc) is 2.74. The molecule has 0 radical (unpaired) electrons. The number of nitrogens with one attached hydrogen (secondary N) is 2. The molecule has 7 nitrogen and oxygen atoms in total. The number of hydrogen-bond donors (Lipinski definition) is 2. The molecule has 0 aliphatic heterocycles. The summed E-state index contributed by atoms with van der Waals surface area (Å²) in [5.74, 6) is 0.886. The van der Waals surface area contributed by atoms with Crippen LogP contribution in [0.25, 0.3) is 0 Å². The Labute approximate surface area is 177 Å². The first-order valence-electron chi connectivity index (χ1n) is 9.68. The lowest BCUT2D eigenvalue weighted by molar-refractivity contribution is -0.121. The first kappa shape index (κ1) is 23.1. The fourth-order valence-corrected chi connectivity index (χ4v) is 2.92. The van der Waals surface area contributed by atoms with E-state index in [1.807, 2.05) is 12.1 Å². The lowest BCUT2D eigenvalue weighted by atomic mass is 9.87. The first-order valence-corrected chi connectivity index (χ1v) is 9.68. The number of carbonyl (C=O) groups excluding carboxylic acids is 2. The Hall–Kier alpha value is -3.22. The quantitative estimate of drug-likeness (QED) is 0.678. The smallest absolute Gasteiger partial charge is 0.269 e. The number of rotatable bonds is 7. The average molecular weight is 415 g/mol. The van der Waals surface area contributed by atoms with Gasteiger partial charge in [0, 0.05) is 12.0 Å². The molecule has 0 atom stereocenters. The molecule has 30 heavy (non-hydrogen) atoms. The second-order valence-electron chi connectivity index (χ2n) is 7.86. The van der Waals surface area contributed by atoms with Gasteiger partial charge in [-0.2, -0.15) is 0 Å². The van der Waals surface area contributed by atoms with E-state index >= 15 is 0 Å². The van der Waals surface area contributed by atoms with Crippen LogP contribution in [0.4, 0.5) is 0 Å². The zero-order valence-electron chi connectivity index (χ0n) is 18.4. The molecule has 0 saturated carbocycles. The first-order chi connectivity index (χ1) is 14.2. The van der Waals surface area contributed by atoms with Crippen molar-refractivity contribution in [2.45, 2.75) is 39.0 Å². The highest BCUT2D eigenvalue weighted by Gasteiger charge is 2.16. The maximum atomic E-state index is 12.2. The number of carbonyl (C=O) groups is 2. The van der Waals surface area contributed by atoms with Crippen molar-refractivity contribution in [2.75, 3.05) is 21.3 Å². The molecule has 162 valence electrons. The van der Waals surface area contributed by atoms with Gasteiger partial charge >= 0.3 is 0 Å². The Morgan fingerprint density at radius 3 is 1.90 bits per heavy atom. The fourth-order valence-electron chi connectivity index (χ4n) is 2.92. The Morgan fingerprint density at radius 1 is 0.867 bits per heavy atom. The Kier molecular flexibility index (Phi) is 7.69. The summed E-state index contributed by atoms with van der Waals surface area (Å²) >= 11 is 0. The molecule has 2 N–H and O–H groups in total. The van der Waals surface area contributed by atoms with Crippen LogP contribution in [-0.2, 0) is 16.6 Å². The second-order valence-corrected chi connectivity index (χ2v) is 7.86. The maximum Gasteiger partial charge on any atom is 0.269 e. The molecule has 0 aromatic heterocycles. The highest BCUT2D eigenvalue weighted by Crippen LogP contribution is 2.38.